The van der Waals surface area contributed by atoms with Gasteiger partial charge < -0.3 is 9.88 Å². The lowest BCUT2D eigenvalue weighted by Gasteiger charge is -2.31. The SMILES string of the molecule is O=C(c1csc2nc(-c3ccccc3)cn12)N1CCCC(c2nc3ccccc3[nH]2)C1. The maximum Gasteiger partial charge on any atom is 0.271 e. The van der Waals surface area contributed by atoms with Gasteiger partial charge in [0, 0.05) is 36.1 Å². The zero-order chi connectivity index (χ0) is 20.8. The number of para-hydroxylation sites is 2. The van der Waals surface area contributed by atoms with Gasteiger partial charge in [0.15, 0.2) is 4.96 Å². The normalized spacial score (nSPS) is 16.9. The average molecular weight is 428 g/mol. The zero-order valence-corrected chi connectivity index (χ0v) is 17.7. The number of amides is 1. The molecule has 2 aromatic carbocycles. The third-order valence-electron chi connectivity index (χ3n) is 6.00. The molecule has 1 amide bonds. The second kappa shape index (κ2) is 7.35. The Morgan fingerprint density at radius 3 is 2.77 bits per heavy atom. The fourth-order valence-electron chi connectivity index (χ4n) is 4.40. The van der Waals surface area contributed by atoms with Crippen molar-refractivity contribution < 1.29 is 4.79 Å². The highest BCUT2D eigenvalue weighted by molar-refractivity contribution is 7.15. The van der Waals surface area contributed by atoms with Gasteiger partial charge in [0.2, 0.25) is 0 Å². The van der Waals surface area contributed by atoms with Crippen LogP contribution in [0.25, 0.3) is 27.3 Å². The Bertz CT molecular complexity index is 1350. The molecule has 154 valence electrons. The highest BCUT2D eigenvalue weighted by atomic mass is 32.1. The van der Waals surface area contributed by atoms with Crippen molar-refractivity contribution >= 4 is 33.2 Å². The van der Waals surface area contributed by atoms with E-state index >= 15 is 0 Å². The zero-order valence-electron chi connectivity index (χ0n) is 16.9. The summed E-state index contributed by atoms with van der Waals surface area (Å²) < 4.78 is 1.93. The van der Waals surface area contributed by atoms with Crippen LogP contribution in [0.5, 0.6) is 0 Å². The van der Waals surface area contributed by atoms with Gasteiger partial charge >= 0.3 is 0 Å². The number of imidazole rings is 2. The first-order chi connectivity index (χ1) is 15.3. The molecule has 6 nitrogen and oxygen atoms in total. The maximum atomic E-state index is 13.4. The third-order valence-corrected chi connectivity index (χ3v) is 6.84. The highest BCUT2D eigenvalue weighted by Gasteiger charge is 2.29. The molecule has 1 aliphatic heterocycles. The van der Waals surface area contributed by atoms with Crippen molar-refractivity contribution in [2.24, 2.45) is 0 Å². The number of carbonyl (C=O) groups is 1. The summed E-state index contributed by atoms with van der Waals surface area (Å²) in [6.45, 7) is 1.45. The summed E-state index contributed by atoms with van der Waals surface area (Å²) in [5.74, 6) is 1.26. The number of hydrogen-bond donors (Lipinski definition) is 1. The molecule has 0 bridgehead atoms. The van der Waals surface area contributed by atoms with E-state index in [-0.39, 0.29) is 11.8 Å². The largest absolute Gasteiger partial charge is 0.342 e. The lowest BCUT2D eigenvalue weighted by atomic mass is 9.97. The molecule has 3 aromatic heterocycles. The summed E-state index contributed by atoms with van der Waals surface area (Å²) in [6.07, 6.45) is 3.97. The molecule has 5 aromatic rings. The Kier molecular flexibility index (Phi) is 4.35. The molecule has 31 heavy (non-hydrogen) atoms. The van der Waals surface area contributed by atoms with E-state index in [1.807, 2.05) is 75.5 Å². The smallest absolute Gasteiger partial charge is 0.271 e. The van der Waals surface area contributed by atoms with Crippen molar-refractivity contribution in [3.8, 4) is 11.3 Å². The third kappa shape index (κ3) is 3.21. The number of aromatic amines is 1. The molecule has 1 N–H and O–H groups in total. The number of nitrogens with one attached hydrogen (secondary N) is 1. The average Bonchev–Trinajstić information content (AvgIpc) is 3.53. The lowest BCUT2D eigenvalue weighted by molar-refractivity contribution is 0.0698. The van der Waals surface area contributed by atoms with Gasteiger partial charge in [-0.25, -0.2) is 9.97 Å². The number of carbonyl (C=O) groups excluding carboxylic acids is 1. The number of H-pyrrole nitrogens is 1. The summed E-state index contributed by atoms with van der Waals surface area (Å²) in [4.78, 5) is 29.2. The van der Waals surface area contributed by atoms with E-state index in [1.54, 1.807) is 0 Å². The topological polar surface area (TPSA) is 66.3 Å². The fraction of sp³-hybridized carbons (Fsp3) is 0.208. The number of piperidine rings is 1. The minimum atomic E-state index is 0.0593. The minimum Gasteiger partial charge on any atom is -0.342 e. The molecular weight excluding hydrogens is 406 g/mol. The van der Waals surface area contributed by atoms with E-state index in [0.717, 1.165) is 52.5 Å². The van der Waals surface area contributed by atoms with Crippen LogP contribution in [0.1, 0.15) is 35.1 Å². The number of aromatic nitrogens is 4. The van der Waals surface area contributed by atoms with Gasteiger partial charge in [0.05, 0.1) is 16.7 Å². The number of fused-ring (bicyclic) bond motifs is 2. The van der Waals surface area contributed by atoms with Crippen LogP contribution in [0.15, 0.2) is 66.2 Å². The Morgan fingerprint density at radius 2 is 1.90 bits per heavy atom. The Hall–Kier alpha value is -3.45. The Morgan fingerprint density at radius 1 is 1.06 bits per heavy atom. The standard InChI is InChI=1S/C24H21N5OS/c30-23(21-15-31-24-27-20(14-29(21)24)16-7-2-1-3-8-16)28-12-6-9-17(13-28)22-25-18-10-4-5-11-19(18)26-22/h1-5,7-8,10-11,14-15,17H,6,9,12-13H2,(H,25,26). The molecule has 7 heteroatoms. The number of rotatable bonds is 3. The first-order valence-electron chi connectivity index (χ1n) is 10.5. The Balaban J connectivity index is 1.27. The molecule has 0 saturated carbocycles. The molecular formula is C24H21N5OS. The van der Waals surface area contributed by atoms with Crippen LogP contribution in [0.2, 0.25) is 0 Å². The number of nitrogens with zero attached hydrogens (tertiary/aromatic N) is 4. The minimum absolute atomic E-state index is 0.0593. The van der Waals surface area contributed by atoms with Gasteiger partial charge in [0.1, 0.15) is 11.5 Å². The lowest BCUT2D eigenvalue weighted by Crippen LogP contribution is -2.39. The van der Waals surface area contributed by atoms with Crippen molar-refractivity contribution in [1.82, 2.24) is 24.3 Å². The van der Waals surface area contributed by atoms with Crippen LogP contribution in [0.3, 0.4) is 0 Å². The van der Waals surface area contributed by atoms with E-state index in [2.05, 4.69) is 4.98 Å². The molecule has 6 rings (SSSR count). The molecule has 0 radical (unpaired) electrons. The van der Waals surface area contributed by atoms with Crippen LogP contribution in [-0.2, 0) is 0 Å². The van der Waals surface area contributed by atoms with Gasteiger partial charge in [-0.3, -0.25) is 9.20 Å². The predicted octanol–water partition coefficient (Wildman–Crippen LogP) is 4.96. The molecule has 0 spiro atoms. The molecule has 0 aliphatic carbocycles. The molecule has 1 fully saturated rings. The van der Waals surface area contributed by atoms with Crippen LogP contribution in [-0.4, -0.2) is 43.2 Å². The maximum absolute atomic E-state index is 13.4. The summed E-state index contributed by atoms with van der Waals surface area (Å²) in [5.41, 5.74) is 4.65. The fourth-order valence-corrected chi connectivity index (χ4v) is 5.25. The van der Waals surface area contributed by atoms with E-state index in [9.17, 15) is 4.79 Å². The van der Waals surface area contributed by atoms with E-state index < -0.39 is 0 Å². The summed E-state index contributed by atoms with van der Waals surface area (Å²) in [6, 6.07) is 18.1. The van der Waals surface area contributed by atoms with E-state index in [1.165, 1.54) is 11.3 Å². The molecule has 4 heterocycles. The second-order valence-corrected chi connectivity index (χ2v) is 8.83. The van der Waals surface area contributed by atoms with Crippen molar-refractivity contribution in [3.63, 3.8) is 0 Å². The molecule has 1 aliphatic rings. The van der Waals surface area contributed by atoms with E-state index in [0.29, 0.717) is 12.2 Å². The Labute approximate surface area is 183 Å². The van der Waals surface area contributed by atoms with Crippen molar-refractivity contribution in [2.45, 2.75) is 18.8 Å². The van der Waals surface area contributed by atoms with Crippen molar-refractivity contribution in [2.75, 3.05) is 13.1 Å². The van der Waals surface area contributed by atoms with Gasteiger partial charge in [-0.2, -0.15) is 0 Å². The number of hydrogen-bond acceptors (Lipinski definition) is 4. The molecule has 1 atom stereocenters. The van der Waals surface area contributed by atoms with Gasteiger partial charge in [-0.1, -0.05) is 42.5 Å². The highest BCUT2D eigenvalue weighted by Crippen LogP contribution is 2.29. The number of benzene rings is 2. The van der Waals surface area contributed by atoms with Crippen molar-refractivity contribution in [3.05, 3.63) is 77.7 Å². The van der Waals surface area contributed by atoms with E-state index in [4.69, 9.17) is 9.97 Å². The predicted molar refractivity (Wildman–Crippen MR) is 122 cm³/mol. The van der Waals surface area contributed by atoms with Crippen LogP contribution in [0, 0.1) is 0 Å². The van der Waals surface area contributed by atoms with Gasteiger partial charge in [-0.05, 0) is 25.0 Å². The first-order valence-corrected chi connectivity index (χ1v) is 11.4. The van der Waals surface area contributed by atoms with Crippen LogP contribution < -0.4 is 0 Å². The number of thiazole rings is 1. The van der Waals surface area contributed by atoms with Crippen LogP contribution in [0.4, 0.5) is 0 Å². The quantitative estimate of drug-likeness (QED) is 0.443. The summed E-state index contributed by atoms with van der Waals surface area (Å²) in [7, 11) is 0. The first kappa shape index (κ1) is 18.3. The molecule has 1 unspecified atom stereocenters. The van der Waals surface area contributed by atoms with Gasteiger partial charge in [-0.15, -0.1) is 11.3 Å². The van der Waals surface area contributed by atoms with Gasteiger partial charge in [0.25, 0.3) is 5.91 Å². The second-order valence-electron chi connectivity index (χ2n) is 8.00. The summed E-state index contributed by atoms with van der Waals surface area (Å²) >= 11 is 1.51. The molecule has 1 saturated heterocycles. The number of likely N-dealkylation sites (tertiary alicyclic amines) is 1. The monoisotopic (exact) mass is 427 g/mol. The summed E-state index contributed by atoms with van der Waals surface area (Å²) in [5, 5.41) is 1.92. The van der Waals surface area contributed by atoms with Crippen molar-refractivity contribution in [1.29, 1.82) is 0 Å². The van der Waals surface area contributed by atoms with Crippen LogP contribution >= 0.6 is 11.3 Å².